The molecule has 0 amide bonds. The average molecular weight is 516 g/mol. The summed E-state index contributed by atoms with van der Waals surface area (Å²) in [6.07, 6.45) is 3.35. The summed E-state index contributed by atoms with van der Waals surface area (Å²) in [6.45, 7) is 9.94. The lowest BCUT2D eigenvalue weighted by Gasteiger charge is -2.49. The van der Waals surface area contributed by atoms with Crippen molar-refractivity contribution >= 4 is 27.5 Å². The maximum Gasteiger partial charge on any atom is 0.162 e. The summed E-state index contributed by atoms with van der Waals surface area (Å²) < 4.78 is 5.89. The molecule has 1 aromatic rings. The zero-order chi connectivity index (χ0) is 24.1. The number of allylic oxidation sites excluding steroid dienone is 4. The number of nitrogens with zero attached hydrogens (tertiary/aromatic N) is 1. The van der Waals surface area contributed by atoms with Gasteiger partial charge in [0.15, 0.2) is 11.6 Å². The van der Waals surface area contributed by atoms with Gasteiger partial charge in [-0.2, -0.15) is 0 Å². The summed E-state index contributed by atoms with van der Waals surface area (Å²) in [5, 5.41) is 10.1. The Kier molecular flexibility index (Phi) is 6.38. The molecule has 1 aliphatic heterocycles. The van der Waals surface area contributed by atoms with Crippen LogP contribution in [0.4, 0.5) is 0 Å². The lowest BCUT2D eigenvalue weighted by atomic mass is 9.63. The van der Waals surface area contributed by atoms with Gasteiger partial charge in [-0.1, -0.05) is 33.8 Å². The van der Waals surface area contributed by atoms with Crippen LogP contribution in [0.3, 0.4) is 0 Å². The Morgan fingerprint density at radius 3 is 2.03 bits per heavy atom. The molecular formula is C27H34BrNO4. The van der Waals surface area contributed by atoms with Gasteiger partial charge in [-0.25, -0.2) is 0 Å². The molecule has 33 heavy (non-hydrogen) atoms. The van der Waals surface area contributed by atoms with E-state index < -0.39 is 5.92 Å². The zero-order valence-corrected chi connectivity index (χ0v) is 21.8. The van der Waals surface area contributed by atoms with Crippen molar-refractivity contribution in [2.45, 2.75) is 65.7 Å². The Morgan fingerprint density at radius 1 is 1.00 bits per heavy atom. The van der Waals surface area contributed by atoms with Crippen molar-refractivity contribution in [3.8, 4) is 5.75 Å². The number of phenolic OH excluding ortho intramolecular Hbond substituents is 1. The number of carbonyl (C=O) groups excluding carboxylic acids is 2. The minimum Gasteiger partial charge on any atom is -0.507 e. The van der Waals surface area contributed by atoms with Crippen LogP contribution in [0.5, 0.6) is 5.75 Å². The molecule has 6 heteroatoms. The molecule has 0 radical (unpaired) electrons. The van der Waals surface area contributed by atoms with E-state index >= 15 is 0 Å². The Morgan fingerprint density at radius 2 is 1.55 bits per heavy atom. The van der Waals surface area contributed by atoms with E-state index in [2.05, 4.69) is 48.5 Å². The van der Waals surface area contributed by atoms with E-state index in [1.54, 1.807) is 13.2 Å². The van der Waals surface area contributed by atoms with Crippen molar-refractivity contribution in [1.82, 2.24) is 4.90 Å². The second-order valence-corrected chi connectivity index (χ2v) is 12.1. The Balaban J connectivity index is 1.96. The fourth-order valence-electron chi connectivity index (χ4n) is 5.72. The predicted octanol–water partition coefficient (Wildman–Crippen LogP) is 5.88. The van der Waals surface area contributed by atoms with Gasteiger partial charge >= 0.3 is 0 Å². The molecule has 0 fully saturated rings. The number of hydrogen-bond acceptors (Lipinski definition) is 5. The monoisotopic (exact) mass is 515 g/mol. The van der Waals surface area contributed by atoms with Crippen LogP contribution < -0.4 is 0 Å². The minimum atomic E-state index is -0.391. The Labute approximate surface area is 205 Å². The molecule has 0 atom stereocenters. The molecule has 1 N–H and O–H groups in total. The van der Waals surface area contributed by atoms with E-state index in [4.69, 9.17) is 4.74 Å². The topological polar surface area (TPSA) is 66.8 Å². The fourth-order valence-corrected chi connectivity index (χ4v) is 6.12. The molecule has 0 aromatic heterocycles. The van der Waals surface area contributed by atoms with Crippen LogP contribution in [0.25, 0.3) is 0 Å². The van der Waals surface area contributed by atoms with Gasteiger partial charge in [-0.15, -0.1) is 0 Å². The van der Waals surface area contributed by atoms with Crippen LogP contribution in [0, 0.1) is 10.8 Å². The van der Waals surface area contributed by atoms with Crippen LogP contribution in [-0.4, -0.2) is 41.8 Å². The van der Waals surface area contributed by atoms with E-state index in [1.165, 1.54) is 0 Å². The SMILES string of the molecule is COCCCN1C2=C(C(=O)CC(C)(C)C2)C(c2ccc(O)c(Br)c2)C2=C1CC(C)(C)CC2=O. The lowest BCUT2D eigenvalue weighted by molar-refractivity contribution is -0.119. The van der Waals surface area contributed by atoms with E-state index in [0.717, 1.165) is 53.9 Å². The van der Waals surface area contributed by atoms with Gasteiger partial charge in [-0.05, 0) is 63.7 Å². The van der Waals surface area contributed by atoms with E-state index in [1.807, 2.05) is 12.1 Å². The average Bonchev–Trinajstić information content (AvgIpc) is 2.69. The van der Waals surface area contributed by atoms with Crippen LogP contribution >= 0.6 is 15.9 Å². The molecule has 1 aromatic carbocycles. The molecule has 178 valence electrons. The highest BCUT2D eigenvalue weighted by Gasteiger charge is 2.48. The molecule has 0 bridgehead atoms. The van der Waals surface area contributed by atoms with Crippen molar-refractivity contribution in [2.75, 3.05) is 20.3 Å². The number of ketones is 2. The van der Waals surface area contributed by atoms with Gasteiger partial charge in [-0.3, -0.25) is 9.59 Å². The number of aromatic hydroxyl groups is 1. The van der Waals surface area contributed by atoms with Gasteiger partial charge in [0.2, 0.25) is 0 Å². The van der Waals surface area contributed by atoms with Crippen LogP contribution in [0.1, 0.15) is 71.3 Å². The van der Waals surface area contributed by atoms with E-state index in [9.17, 15) is 14.7 Å². The van der Waals surface area contributed by atoms with Crippen molar-refractivity contribution in [2.24, 2.45) is 10.8 Å². The van der Waals surface area contributed by atoms with Crippen LogP contribution in [0.15, 0.2) is 45.2 Å². The largest absolute Gasteiger partial charge is 0.507 e. The summed E-state index contributed by atoms with van der Waals surface area (Å²) in [7, 11) is 1.70. The number of hydrogen-bond donors (Lipinski definition) is 1. The van der Waals surface area contributed by atoms with Crippen molar-refractivity contribution in [1.29, 1.82) is 0 Å². The molecule has 4 rings (SSSR count). The number of ether oxygens (including phenoxy) is 1. The summed E-state index contributed by atoms with van der Waals surface area (Å²) in [5.74, 6) is -0.00288. The molecule has 0 saturated heterocycles. The summed E-state index contributed by atoms with van der Waals surface area (Å²) >= 11 is 3.43. The third kappa shape index (κ3) is 4.57. The normalized spacial score (nSPS) is 22.5. The quantitative estimate of drug-likeness (QED) is 0.496. The first-order valence-electron chi connectivity index (χ1n) is 11.7. The molecular weight excluding hydrogens is 482 g/mol. The highest BCUT2D eigenvalue weighted by atomic mass is 79.9. The molecule has 0 saturated carbocycles. The number of rotatable bonds is 5. The third-order valence-electron chi connectivity index (χ3n) is 7.06. The second kappa shape index (κ2) is 8.70. The van der Waals surface area contributed by atoms with E-state index in [0.29, 0.717) is 23.9 Å². The fraction of sp³-hybridized carbons (Fsp3) is 0.556. The van der Waals surface area contributed by atoms with Crippen LogP contribution in [-0.2, 0) is 14.3 Å². The number of methoxy groups -OCH3 is 1. The minimum absolute atomic E-state index is 0.122. The Bertz CT molecular complexity index is 1010. The molecule has 5 nitrogen and oxygen atoms in total. The van der Waals surface area contributed by atoms with Crippen molar-refractivity contribution < 1.29 is 19.4 Å². The summed E-state index contributed by atoms with van der Waals surface area (Å²) in [4.78, 5) is 29.6. The van der Waals surface area contributed by atoms with Gasteiger partial charge in [0.1, 0.15) is 5.75 Å². The van der Waals surface area contributed by atoms with Gasteiger partial charge in [0.25, 0.3) is 0 Å². The third-order valence-corrected chi connectivity index (χ3v) is 7.69. The highest BCUT2D eigenvalue weighted by molar-refractivity contribution is 9.10. The second-order valence-electron chi connectivity index (χ2n) is 11.2. The maximum absolute atomic E-state index is 13.7. The first-order chi connectivity index (χ1) is 15.4. The molecule has 3 aliphatic rings. The van der Waals surface area contributed by atoms with Crippen molar-refractivity contribution in [3.63, 3.8) is 0 Å². The van der Waals surface area contributed by atoms with Crippen molar-refractivity contribution in [3.05, 3.63) is 50.8 Å². The number of benzene rings is 1. The number of phenols is 1. The molecule has 0 unspecified atom stereocenters. The van der Waals surface area contributed by atoms with E-state index in [-0.39, 0.29) is 28.1 Å². The number of Topliss-reactive ketones (excluding diaryl/α,β-unsaturated/α-hetero) is 2. The van der Waals surface area contributed by atoms with Gasteiger partial charge in [0.05, 0.1) is 4.47 Å². The molecule has 0 spiro atoms. The highest BCUT2D eigenvalue weighted by Crippen LogP contribution is 2.54. The first-order valence-corrected chi connectivity index (χ1v) is 12.5. The maximum atomic E-state index is 13.7. The summed E-state index contributed by atoms with van der Waals surface area (Å²) in [5.41, 5.74) is 4.24. The van der Waals surface area contributed by atoms with Gasteiger partial charge in [0, 0.05) is 61.6 Å². The standard InChI is InChI=1S/C27H34BrNO4/c1-26(2)12-18-24(21(31)14-26)23(16-7-8-20(30)17(28)11-16)25-19(29(18)9-6-10-33-5)13-27(3,4)15-22(25)32/h7-8,11,23,30H,6,9-10,12-15H2,1-5H3. The smallest absolute Gasteiger partial charge is 0.162 e. The van der Waals surface area contributed by atoms with Crippen LogP contribution in [0.2, 0.25) is 0 Å². The number of carbonyl (C=O) groups is 2. The predicted molar refractivity (Wildman–Crippen MR) is 132 cm³/mol. The Hall–Kier alpha value is -1.92. The lowest BCUT2D eigenvalue weighted by Crippen LogP contribution is -2.44. The summed E-state index contributed by atoms with van der Waals surface area (Å²) in [6, 6.07) is 5.34. The number of halogens is 1. The van der Waals surface area contributed by atoms with Gasteiger partial charge < -0.3 is 14.7 Å². The zero-order valence-electron chi connectivity index (χ0n) is 20.3. The molecule has 1 heterocycles. The first kappa shape index (κ1) is 24.2. The molecule has 2 aliphatic carbocycles.